The summed E-state index contributed by atoms with van der Waals surface area (Å²) in [6.07, 6.45) is -0.969. The van der Waals surface area contributed by atoms with E-state index in [2.05, 4.69) is 9.97 Å². The Hall–Kier alpha value is -2.68. The number of aliphatic hydroxyl groups excluding tert-OH is 1. The van der Waals surface area contributed by atoms with Crippen LogP contribution in [0.4, 0.5) is 5.69 Å². The molecule has 8 heteroatoms. The van der Waals surface area contributed by atoms with Crippen molar-refractivity contribution in [2.45, 2.75) is 12.2 Å². The fraction of sp³-hybridized carbons (Fsp3) is 0.263. The number of phenolic OH excluding ortho intramolecular Hbond substituents is 1. The molecule has 138 valence electrons. The Labute approximate surface area is 159 Å². The Balaban J connectivity index is 1.80. The third-order valence-electron chi connectivity index (χ3n) is 5.30. The molecule has 4 N–H and O–H groups in total. The molecule has 2 aromatic carbocycles. The van der Waals surface area contributed by atoms with E-state index >= 15 is 0 Å². The lowest BCUT2D eigenvalue weighted by Crippen LogP contribution is -2.30. The van der Waals surface area contributed by atoms with Gasteiger partial charge in [-0.2, -0.15) is 0 Å². The number of fused-ring (bicyclic) bond motifs is 4. The van der Waals surface area contributed by atoms with E-state index in [4.69, 9.17) is 26.7 Å². The molecule has 1 fully saturated rings. The lowest BCUT2D eigenvalue weighted by molar-refractivity contribution is -0.0843. The average Bonchev–Trinajstić information content (AvgIpc) is 3.22. The number of aromatic amines is 2. The Bertz CT molecular complexity index is 1150. The molecular weight excluding hydrogens is 366 g/mol. The number of aromatic hydroxyl groups is 1. The first-order chi connectivity index (χ1) is 13.1. The van der Waals surface area contributed by atoms with Crippen molar-refractivity contribution < 1.29 is 19.7 Å². The molecule has 1 saturated heterocycles. The minimum absolute atomic E-state index is 0.0446. The third-order valence-corrected chi connectivity index (χ3v) is 5.50. The van der Waals surface area contributed by atoms with Crippen LogP contribution < -0.4 is 4.74 Å². The Kier molecular flexibility index (Phi) is 3.61. The van der Waals surface area contributed by atoms with Gasteiger partial charge in [0.25, 0.3) is 0 Å². The number of nitrogens with one attached hydrogen (secondary N) is 2. The smallest absolute Gasteiger partial charge is 0.175 e. The molecule has 2 aliphatic rings. The Morgan fingerprint density at radius 2 is 2.11 bits per heavy atom. The van der Waals surface area contributed by atoms with Crippen LogP contribution in [0.3, 0.4) is 0 Å². The lowest BCUT2D eigenvalue weighted by Gasteiger charge is -2.31. The molecule has 0 saturated carbocycles. The third kappa shape index (κ3) is 2.41. The van der Waals surface area contributed by atoms with E-state index in [1.54, 1.807) is 12.1 Å². The van der Waals surface area contributed by atoms with Crippen molar-refractivity contribution >= 4 is 34.7 Å². The number of aliphatic imine (C=N–C) groups is 1. The molecule has 3 atom stereocenters. The molecule has 3 heterocycles. The van der Waals surface area contributed by atoms with Gasteiger partial charge in [-0.25, -0.2) is 0 Å². The normalized spacial score (nSPS) is 23.8. The minimum atomic E-state index is -0.969. The highest BCUT2D eigenvalue weighted by Crippen LogP contribution is 2.49. The summed E-state index contributed by atoms with van der Waals surface area (Å²) in [7, 11) is 1.51. The molecule has 27 heavy (non-hydrogen) atoms. The Morgan fingerprint density at radius 1 is 1.26 bits per heavy atom. The van der Waals surface area contributed by atoms with Crippen LogP contribution in [0.1, 0.15) is 17.0 Å². The highest BCUT2D eigenvalue weighted by atomic mass is 32.1. The SMILES string of the molecule is COc1ccc(C2c3c(ccc4[nH]c(=S)[nH]c34)N=C3COC(O)C32)cc1O. The van der Waals surface area contributed by atoms with E-state index in [9.17, 15) is 10.2 Å². The Morgan fingerprint density at radius 3 is 2.89 bits per heavy atom. The molecule has 0 amide bonds. The highest BCUT2D eigenvalue weighted by molar-refractivity contribution is 7.71. The van der Waals surface area contributed by atoms with Gasteiger partial charge in [0.2, 0.25) is 0 Å². The fourth-order valence-electron chi connectivity index (χ4n) is 4.13. The van der Waals surface area contributed by atoms with E-state index in [0.717, 1.165) is 33.6 Å². The fourth-order valence-corrected chi connectivity index (χ4v) is 4.35. The zero-order chi connectivity index (χ0) is 18.7. The molecule has 0 spiro atoms. The average molecular weight is 383 g/mol. The van der Waals surface area contributed by atoms with Crippen LogP contribution in [-0.2, 0) is 4.74 Å². The monoisotopic (exact) mass is 383 g/mol. The summed E-state index contributed by atoms with van der Waals surface area (Å²) in [6.45, 7) is 0.283. The standard InChI is InChI=1S/C19H17N3O4S/c1-25-13-5-2-8(6-12(13)23)14-15-9(20-11-7-26-18(24)16(11)14)3-4-10-17(15)22-19(27)21-10/h2-6,14,16,18,23-24H,7H2,1H3,(H2,21,22,27). The number of hydrogen-bond donors (Lipinski definition) is 4. The number of hydrogen-bond acceptors (Lipinski definition) is 6. The summed E-state index contributed by atoms with van der Waals surface area (Å²) < 4.78 is 11.2. The van der Waals surface area contributed by atoms with Gasteiger partial charge in [-0.15, -0.1) is 0 Å². The van der Waals surface area contributed by atoms with Gasteiger partial charge in [-0.1, -0.05) is 6.07 Å². The molecule has 2 aliphatic heterocycles. The molecule has 7 nitrogen and oxygen atoms in total. The first-order valence-corrected chi connectivity index (χ1v) is 8.96. The van der Waals surface area contributed by atoms with Crippen LogP contribution in [-0.4, -0.2) is 45.9 Å². The van der Waals surface area contributed by atoms with Crippen LogP contribution in [0.15, 0.2) is 35.3 Å². The summed E-state index contributed by atoms with van der Waals surface area (Å²) in [5, 5.41) is 20.8. The maximum absolute atomic E-state index is 10.5. The van der Waals surface area contributed by atoms with Crippen LogP contribution in [0.2, 0.25) is 0 Å². The maximum atomic E-state index is 10.5. The van der Waals surface area contributed by atoms with E-state index in [-0.39, 0.29) is 24.2 Å². The minimum Gasteiger partial charge on any atom is -0.504 e. The highest BCUT2D eigenvalue weighted by Gasteiger charge is 2.44. The van der Waals surface area contributed by atoms with Crippen molar-refractivity contribution in [2.24, 2.45) is 10.9 Å². The summed E-state index contributed by atoms with van der Waals surface area (Å²) in [5.74, 6) is -0.158. The van der Waals surface area contributed by atoms with E-state index in [0.29, 0.717) is 10.5 Å². The van der Waals surface area contributed by atoms with Crippen LogP contribution >= 0.6 is 12.2 Å². The second-order valence-corrected chi connectivity index (χ2v) is 7.15. The molecular formula is C19H17N3O4S. The van der Waals surface area contributed by atoms with Gasteiger partial charge >= 0.3 is 0 Å². The van der Waals surface area contributed by atoms with Crippen molar-refractivity contribution in [2.75, 3.05) is 13.7 Å². The number of aliphatic hydroxyl groups is 1. The van der Waals surface area contributed by atoms with Crippen molar-refractivity contribution in [3.05, 3.63) is 46.2 Å². The second kappa shape index (κ2) is 5.91. The molecule has 1 aromatic heterocycles. The van der Waals surface area contributed by atoms with Crippen LogP contribution in [0.5, 0.6) is 11.5 Å². The van der Waals surface area contributed by atoms with Crippen molar-refractivity contribution in [1.29, 1.82) is 0 Å². The van der Waals surface area contributed by atoms with Crippen molar-refractivity contribution in [3.8, 4) is 11.5 Å². The summed E-state index contributed by atoms with van der Waals surface area (Å²) in [5.41, 5.74) is 5.07. The van der Waals surface area contributed by atoms with E-state index in [1.165, 1.54) is 7.11 Å². The lowest BCUT2D eigenvalue weighted by atomic mass is 9.75. The van der Waals surface area contributed by atoms with Gasteiger partial charge in [0, 0.05) is 11.5 Å². The first kappa shape index (κ1) is 16.5. The quantitative estimate of drug-likeness (QED) is 0.509. The van der Waals surface area contributed by atoms with Gasteiger partial charge in [-0.3, -0.25) is 4.99 Å². The molecule has 0 bridgehead atoms. The number of imidazole rings is 1. The van der Waals surface area contributed by atoms with E-state index in [1.807, 2.05) is 18.2 Å². The van der Waals surface area contributed by atoms with Crippen LogP contribution in [0.25, 0.3) is 11.0 Å². The topological polar surface area (TPSA) is 103 Å². The number of nitrogens with zero attached hydrogens (tertiary/aromatic N) is 1. The largest absolute Gasteiger partial charge is 0.504 e. The summed E-state index contributed by atoms with van der Waals surface area (Å²) in [4.78, 5) is 11.1. The summed E-state index contributed by atoms with van der Waals surface area (Å²) in [6, 6.07) is 9.14. The van der Waals surface area contributed by atoms with E-state index < -0.39 is 6.29 Å². The predicted octanol–water partition coefficient (Wildman–Crippen LogP) is 3.12. The maximum Gasteiger partial charge on any atom is 0.175 e. The number of rotatable bonds is 2. The number of ether oxygens (including phenoxy) is 2. The van der Waals surface area contributed by atoms with Gasteiger partial charge in [0.15, 0.2) is 22.6 Å². The number of phenols is 1. The second-order valence-electron chi connectivity index (χ2n) is 6.74. The zero-order valence-corrected chi connectivity index (χ0v) is 15.2. The molecule has 0 aliphatic carbocycles. The van der Waals surface area contributed by atoms with Gasteiger partial charge in [-0.05, 0) is 42.0 Å². The van der Waals surface area contributed by atoms with Crippen molar-refractivity contribution in [3.63, 3.8) is 0 Å². The predicted molar refractivity (Wildman–Crippen MR) is 103 cm³/mol. The van der Waals surface area contributed by atoms with Crippen molar-refractivity contribution in [1.82, 2.24) is 9.97 Å². The first-order valence-electron chi connectivity index (χ1n) is 8.55. The zero-order valence-electron chi connectivity index (χ0n) is 14.4. The molecule has 0 radical (unpaired) electrons. The number of methoxy groups -OCH3 is 1. The number of benzene rings is 2. The van der Waals surface area contributed by atoms with Gasteiger partial charge in [0.1, 0.15) is 0 Å². The summed E-state index contributed by atoms with van der Waals surface area (Å²) >= 11 is 5.27. The van der Waals surface area contributed by atoms with Gasteiger partial charge < -0.3 is 29.7 Å². The van der Waals surface area contributed by atoms with Crippen LogP contribution in [0, 0.1) is 10.7 Å². The van der Waals surface area contributed by atoms with Gasteiger partial charge in [0.05, 0.1) is 42.1 Å². The number of aromatic nitrogens is 2. The molecule has 5 rings (SSSR count). The number of H-pyrrole nitrogens is 2. The molecule has 3 aromatic rings. The molecule has 3 unspecified atom stereocenters.